The van der Waals surface area contributed by atoms with Crippen molar-refractivity contribution >= 4 is 54.4 Å². The van der Waals surface area contributed by atoms with E-state index in [2.05, 4.69) is 179 Å². The highest BCUT2D eigenvalue weighted by Crippen LogP contribution is 2.43. The van der Waals surface area contributed by atoms with Gasteiger partial charge in [0, 0.05) is 38.4 Å². The van der Waals surface area contributed by atoms with Gasteiger partial charge in [-0.25, -0.2) is 9.97 Å². The number of hydrogen-bond acceptors (Lipinski definition) is 2. The lowest BCUT2D eigenvalue weighted by atomic mass is 9.94. The molecule has 0 fully saturated rings. The largest absolute Gasteiger partial charge is 0.309 e. The fourth-order valence-corrected chi connectivity index (χ4v) is 8.20. The van der Waals surface area contributed by atoms with Crippen LogP contribution in [0.1, 0.15) is 0 Å². The molecule has 0 N–H and O–H groups in total. The van der Waals surface area contributed by atoms with Gasteiger partial charge >= 0.3 is 0 Å². The average Bonchev–Trinajstić information content (AvgIpc) is 3.74. The molecule has 0 aliphatic heterocycles. The Morgan fingerprint density at radius 3 is 1.71 bits per heavy atom. The highest BCUT2D eigenvalue weighted by molar-refractivity contribution is 6.26. The lowest BCUT2D eigenvalue weighted by Gasteiger charge is -2.12. The Kier molecular flexibility index (Phi) is 6.22. The highest BCUT2D eigenvalue weighted by Gasteiger charge is 2.22. The molecule has 3 heterocycles. The summed E-state index contributed by atoms with van der Waals surface area (Å²) in [5, 5.41) is 7.37. The van der Waals surface area contributed by atoms with Crippen molar-refractivity contribution in [1.29, 1.82) is 0 Å². The van der Waals surface area contributed by atoms with Crippen molar-refractivity contribution in [2.45, 2.75) is 0 Å². The van der Waals surface area contributed by atoms with Gasteiger partial charge in [-0.2, -0.15) is 0 Å². The number of para-hydroxylation sites is 2. The Morgan fingerprint density at radius 1 is 0.346 bits per heavy atom. The first-order valence-electron chi connectivity index (χ1n) is 17.7. The van der Waals surface area contributed by atoms with E-state index in [-0.39, 0.29) is 0 Å². The number of nitrogens with zero attached hydrogens (tertiary/aromatic N) is 4. The summed E-state index contributed by atoms with van der Waals surface area (Å²) in [5.74, 6) is 0.659. The molecule has 0 atom stereocenters. The van der Waals surface area contributed by atoms with Crippen LogP contribution in [0.2, 0.25) is 0 Å². The van der Waals surface area contributed by atoms with Gasteiger partial charge in [0.15, 0.2) is 0 Å². The number of benzene rings is 8. The molecule has 11 aromatic rings. The summed E-state index contributed by atoms with van der Waals surface area (Å²) in [6.45, 7) is 0. The Labute approximate surface area is 299 Å². The van der Waals surface area contributed by atoms with E-state index in [1.54, 1.807) is 0 Å². The van der Waals surface area contributed by atoms with E-state index in [4.69, 9.17) is 9.97 Å². The fraction of sp³-hybridized carbons (Fsp3) is 0. The molecule has 4 nitrogen and oxygen atoms in total. The molecule has 0 radical (unpaired) electrons. The molecular formula is C48H30N4. The van der Waals surface area contributed by atoms with Crippen LogP contribution in [-0.4, -0.2) is 19.1 Å². The van der Waals surface area contributed by atoms with E-state index < -0.39 is 0 Å². The molecule has 0 amide bonds. The third-order valence-electron chi connectivity index (χ3n) is 10.5. The molecule has 0 saturated carbocycles. The highest BCUT2D eigenvalue weighted by atomic mass is 15.2. The van der Waals surface area contributed by atoms with Crippen LogP contribution in [0.15, 0.2) is 182 Å². The van der Waals surface area contributed by atoms with Crippen LogP contribution in [0.3, 0.4) is 0 Å². The third-order valence-corrected chi connectivity index (χ3v) is 10.5. The standard InChI is InChI=1S/C48H30N4/c1-4-13-31(14-5-1)40-30-41(32-15-6-2-7-16-32)50-48(49-40)52-43-22-12-17-33-23-26-39-36(27-28-44(52)47(39)46(33)43)34-24-25-38-37-20-10-11-21-42(37)51(45(38)29-34)35-18-8-3-9-19-35/h1-30H. The van der Waals surface area contributed by atoms with Crippen LogP contribution >= 0.6 is 0 Å². The SMILES string of the molecule is c1ccc(-c2cc(-c3ccccc3)nc(-n3c4cccc5ccc6c(-c7ccc8c9ccccc9n(-c9ccccc9)c8c7)ccc3c6c54)n2)cc1. The lowest BCUT2D eigenvalue weighted by molar-refractivity contribution is 0.996. The van der Waals surface area contributed by atoms with Crippen molar-refractivity contribution in [3.8, 4) is 45.3 Å². The minimum atomic E-state index is 0.659. The zero-order valence-electron chi connectivity index (χ0n) is 28.1. The summed E-state index contributed by atoms with van der Waals surface area (Å²) in [6.07, 6.45) is 0. The van der Waals surface area contributed by atoms with Crippen molar-refractivity contribution in [2.75, 3.05) is 0 Å². The Balaban J connectivity index is 1.17. The van der Waals surface area contributed by atoms with Gasteiger partial charge in [0.05, 0.1) is 33.5 Å². The number of fused-ring (bicyclic) bond motifs is 3. The molecule has 0 unspecified atom stereocenters. The van der Waals surface area contributed by atoms with Crippen LogP contribution in [0, 0.1) is 0 Å². The molecule has 3 aromatic heterocycles. The molecular weight excluding hydrogens is 633 g/mol. The second-order valence-electron chi connectivity index (χ2n) is 13.4. The Hall–Kier alpha value is -7.04. The summed E-state index contributed by atoms with van der Waals surface area (Å²) in [5.41, 5.74) is 12.0. The zero-order chi connectivity index (χ0) is 34.2. The summed E-state index contributed by atoms with van der Waals surface area (Å²) < 4.78 is 4.64. The van der Waals surface area contributed by atoms with Gasteiger partial charge in [-0.05, 0) is 64.4 Å². The van der Waals surface area contributed by atoms with E-state index in [0.717, 1.165) is 39.2 Å². The second-order valence-corrected chi connectivity index (χ2v) is 13.4. The van der Waals surface area contributed by atoms with Gasteiger partial charge < -0.3 is 4.57 Å². The van der Waals surface area contributed by atoms with E-state index in [9.17, 15) is 0 Å². The second kappa shape index (κ2) is 11.2. The summed E-state index contributed by atoms with van der Waals surface area (Å²) in [6, 6.07) is 64.8. The maximum absolute atomic E-state index is 5.25. The van der Waals surface area contributed by atoms with Gasteiger partial charge in [0.1, 0.15) is 0 Å². The van der Waals surface area contributed by atoms with Gasteiger partial charge in [0.25, 0.3) is 0 Å². The third kappa shape index (κ3) is 4.28. The molecule has 0 saturated heterocycles. The summed E-state index contributed by atoms with van der Waals surface area (Å²) >= 11 is 0. The quantitative estimate of drug-likeness (QED) is 0.172. The van der Waals surface area contributed by atoms with E-state index in [1.165, 1.54) is 54.5 Å². The number of hydrogen-bond donors (Lipinski definition) is 0. The molecule has 242 valence electrons. The smallest absolute Gasteiger partial charge is 0.235 e. The molecule has 0 aliphatic rings. The van der Waals surface area contributed by atoms with Crippen molar-refractivity contribution in [3.63, 3.8) is 0 Å². The molecule has 4 heteroatoms. The molecule has 0 bridgehead atoms. The van der Waals surface area contributed by atoms with E-state index in [0.29, 0.717) is 5.95 Å². The van der Waals surface area contributed by atoms with Gasteiger partial charge in [-0.3, -0.25) is 4.57 Å². The molecule has 0 spiro atoms. The lowest BCUT2D eigenvalue weighted by Crippen LogP contribution is -2.04. The fourth-order valence-electron chi connectivity index (χ4n) is 8.20. The molecule has 11 rings (SSSR count). The molecule has 0 aliphatic carbocycles. The monoisotopic (exact) mass is 662 g/mol. The number of aromatic nitrogens is 4. The van der Waals surface area contributed by atoms with Gasteiger partial charge in [-0.1, -0.05) is 140 Å². The normalized spacial score (nSPS) is 11.8. The number of rotatable bonds is 5. The van der Waals surface area contributed by atoms with Crippen molar-refractivity contribution < 1.29 is 0 Å². The Morgan fingerprint density at radius 2 is 0.962 bits per heavy atom. The minimum absolute atomic E-state index is 0.659. The maximum atomic E-state index is 5.25. The van der Waals surface area contributed by atoms with Crippen molar-refractivity contribution in [1.82, 2.24) is 19.1 Å². The predicted molar refractivity (Wildman–Crippen MR) is 216 cm³/mol. The first-order chi connectivity index (χ1) is 25.8. The van der Waals surface area contributed by atoms with Gasteiger partial charge in [0.2, 0.25) is 5.95 Å². The molecule has 8 aromatic carbocycles. The van der Waals surface area contributed by atoms with Crippen LogP contribution in [0.4, 0.5) is 0 Å². The van der Waals surface area contributed by atoms with E-state index in [1.807, 2.05) is 12.1 Å². The Bertz CT molecular complexity index is 3040. The minimum Gasteiger partial charge on any atom is -0.309 e. The van der Waals surface area contributed by atoms with Crippen LogP contribution in [0.5, 0.6) is 0 Å². The van der Waals surface area contributed by atoms with Crippen molar-refractivity contribution in [3.05, 3.63) is 182 Å². The van der Waals surface area contributed by atoms with Crippen LogP contribution in [-0.2, 0) is 0 Å². The summed E-state index contributed by atoms with van der Waals surface area (Å²) in [4.78, 5) is 10.5. The average molecular weight is 663 g/mol. The first-order valence-corrected chi connectivity index (χ1v) is 17.7. The summed E-state index contributed by atoms with van der Waals surface area (Å²) in [7, 11) is 0. The predicted octanol–water partition coefficient (Wildman–Crippen LogP) is 12.3. The van der Waals surface area contributed by atoms with Gasteiger partial charge in [-0.15, -0.1) is 0 Å². The van der Waals surface area contributed by atoms with Crippen LogP contribution in [0.25, 0.3) is 99.7 Å². The topological polar surface area (TPSA) is 35.6 Å². The molecule has 52 heavy (non-hydrogen) atoms. The zero-order valence-corrected chi connectivity index (χ0v) is 28.1. The van der Waals surface area contributed by atoms with Crippen molar-refractivity contribution in [2.24, 2.45) is 0 Å². The first kappa shape index (κ1) is 28.8. The van der Waals surface area contributed by atoms with E-state index >= 15 is 0 Å². The maximum Gasteiger partial charge on any atom is 0.235 e. The van der Waals surface area contributed by atoms with Crippen LogP contribution < -0.4 is 0 Å².